The summed E-state index contributed by atoms with van der Waals surface area (Å²) in [7, 11) is 3.91. The zero-order valence-electron chi connectivity index (χ0n) is 12.7. The van der Waals surface area contributed by atoms with Gasteiger partial charge in [0.05, 0.1) is 5.56 Å². The van der Waals surface area contributed by atoms with Crippen molar-refractivity contribution in [3.05, 3.63) is 65.2 Å². The van der Waals surface area contributed by atoms with Crippen molar-refractivity contribution in [1.29, 1.82) is 0 Å². The van der Waals surface area contributed by atoms with Crippen LogP contribution in [0.1, 0.15) is 16.7 Å². The summed E-state index contributed by atoms with van der Waals surface area (Å²) in [6.45, 7) is 0. The van der Waals surface area contributed by atoms with E-state index in [1.165, 1.54) is 12.1 Å². The molecule has 0 aliphatic heterocycles. The highest BCUT2D eigenvalue weighted by atomic mass is 19.4. The van der Waals surface area contributed by atoms with Gasteiger partial charge in [0.2, 0.25) is 0 Å². The van der Waals surface area contributed by atoms with Crippen molar-refractivity contribution in [1.82, 2.24) is 0 Å². The first kappa shape index (κ1) is 16.5. The predicted octanol–water partition coefficient (Wildman–Crippen LogP) is 4.17. The molecule has 0 saturated carbocycles. The lowest BCUT2D eigenvalue weighted by Crippen LogP contribution is -2.07. The van der Waals surface area contributed by atoms with Crippen LogP contribution in [-0.2, 0) is 6.18 Å². The van der Waals surface area contributed by atoms with Crippen LogP contribution >= 0.6 is 0 Å². The monoisotopic (exact) mass is 313 g/mol. The molecule has 0 amide bonds. The molecule has 2 rings (SSSR count). The molecule has 116 valence electrons. The fourth-order valence-corrected chi connectivity index (χ4v) is 1.79. The number of benzene rings is 2. The Labute approximate surface area is 133 Å². The van der Waals surface area contributed by atoms with E-state index in [1.807, 2.05) is 43.3 Å². The Bertz CT molecular complexity index is 777. The van der Waals surface area contributed by atoms with Crippen molar-refractivity contribution >= 4 is 5.69 Å². The van der Waals surface area contributed by atoms with Crippen LogP contribution in [0.4, 0.5) is 18.9 Å². The van der Waals surface area contributed by atoms with Gasteiger partial charge in [-0.25, -0.2) is 0 Å². The van der Waals surface area contributed by atoms with E-state index in [2.05, 4.69) is 23.7 Å². The van der Waals surface area contributed by atoms with Gasteiger partial charge in [-0.3, -0.25) is 0 Å². The second kappa shape index (κ2) is 6.94. The van der Waals surface area contributed by atoms with Crippen LogP contribution in [0.5, 0.6) is 0 Å². The number of hydrogen-bond donors (Lipinski definition) is 0. The lowest BCUT2D eigenvalue weighted by atomic mass is 10.1. The highest BCUT2D eigenvalue weighted by molar-refractivity contribution is 5.51. The molecule has 0 spiro atoms. The number of nitrogens with zero attached hydrogens (tertiary/aromatic N) is 1. The van der Waals surface area contributed by atoms with Crippen LogP contribution in [0.25, 0.3) is 0 Å². The molecule has 0 saturated heterocycles. The number of rotatable bonds is 1. The van der Waals surface area contributed by atoms with E-state index in [-0.39, 0.29) is 0 Å². The second-order valence-electron chi connectivity index (χ2n) is 5.02. The molecule has 0 N–H and O–H groups in total. The van der Waals surface area contributed by atoms with E-state index < -0.39 is 11.7 Å². The Morgan fingerprint density at radius 2 is 1.17 bits per heavy atom. The summed E-state index contributed by atoms with van der Waals surface area (Å²) < 4.78 is 37.3. The van der Waals surface area contributed by atoms with E-state index in [0.717, 1.165) is 23.4 Å². The molecule has 4 heteroatoms. The highest BCUT2D eigenvalue weighted by Crippen LogP contribution is 2.28. The van der Waals surface area contributed by atoms with Gasteiger partial charge < -0.3 is 4.90 Å². The summed E-state index contributed by atoms with van der Waals surface area (Å²) in [5, 5.41) is 0. The Morgan fingerprint density at radius 1 is 0.739 bits per heavy atom. The van der Waals surface area contributed by atoms with E-state index in [0.29, 0.717) is 5.56 Å². The van der Waals surface area contributed by atoms with Crippen LogP contribution in [0.3, 0.4) is 0 Å². The van der Waals surface area contributed by atoms with Crippen molar-refractivity contribution in [2.75, 3.05) is 19.0 Å². The standard InChI is InChI=1S/C19H14F3N/c1-23(2)18-13-9-16(10-14-18)6-4-3-5-15-7-11-17(12-8-15)19(20,21)22/h7-14H,1-2H3. The first-order chi connectivity index (χ1) is 10.9. The van der Waals surface area contributed by atoms with Crippen LogP contribution in [0.2, 0.25) is 0 Å². The maximum absolute atomic E-state index is 12.4. The zero-order valence-corrected chi connectivity index (χ0v) is 12.7. The van der Waals surface area contributed by atoms with Gasteiger partial charge in [-0.2, -0.15) is 13.2 Å². The minimum absolute atomic E-state index is 0.496. The average molecular weight is 313 g/mol. The molecule has 1 nitrogen and oxygen atoms in total. The molecule has 0 aliphatic carbocycles. The first-order valence-corrected chi connectivity index (χ1v) is 6.83. The molecule has 0 bridgehead atoms. The van der Waals surface area contributed by atoms with E-state index in [4.69, 9.17) is 0 Å². The van der Waals surface area contributed by atoms with Crippen LogP contribution in [0.15, 0.2) is 48.5 Å². The van der Waals surface area contributed by atoms with Crippen molar-refractivity contribution < 1.29 is 13.2 Å². The van der Waals surface area contributed by atoms with E-state index >= 15 is 0 Å². The van der Waals surface area contributed by atoms with Gasteiger partial charge in [-0.15, -0.1) is 0 Å². The highest BCUT2D eigenvalue weighted by Gasteiger charge is 2.29. The molecular weight excluding hydrogens is 299 g/mol. The molecule has 0 unspecified atom stereocenters. The van der Waals surface area contributed by atoms with Gasteiger partial charge in [0, 0.05) is 30.9 Å². The lowest BCUT2D eigenvalue weighted by molar-refractivity contribution is -0.137. The van der Waals surface area contributed by atoms with E-state index in [9.17, 15) is 13.2 Å². The number of alkyl halides is 3. The molecule has 0 aliphatic rings. The second-order valence-corrected chi connectivity index (χ2v) is 5.02. The summed E-state index contributed by atoms with van der Waals surface area (Å²) in [6, 6.07) is 12.4. The summed E-state index contributed by atoms with van der Waals surface area (Å²) in [4.78, 5) is 1.99. The van der Waals surface area contributed by atoms with Crippen LogP contribution in [-0.4, -0.2) is 14.1 Å². The lowest BCUT2D eigenvalue weighted by Gasteiger charge is -2.11. The molecule has 23 heavy (non-hydrogen) atoms. The van der Waals surface area contributed by atoms with Gasteiger partial charge >= 0.3 is 6.18 Å². The zero-order chi connectivity index (χ0) is 16.9. The van der Waals surface area contributed by atoms with Crippen molar-refractivity contribution in [3.63, 3.8) is 0 Å². The predicted molar refractivity (Wildman–Crippen MR) is 86.0 cm³/mol. The largest absolute Gasteiger partial charge is 0.416 e. The van der Waals surface area contributed by atoms with Crippen molar-refractivity contribution in [2.45, 2.75) is 6.18 Å². The van der Waals surface area contributed by atoms with Crippen LogP contribution < -0.4 is 4.90 Å². The summed E-state index contributed by atoms with van der Waals surface area (Å²) >= 11 is 0. The normalized spacial score (nSPS) is 10.1. The van der Waals surface area contributed by atoms with Gasteiger partial charge in [-0.1, -0.05) is 11.8 Å². The number of hydrogen-bond acceptors (Lipinski definition) is 1. The number of anilines is 1. The van der Waals surface area contributed by atoms with Crippen LogP contribution in [0, 0.1) is 23.7 Å². The third-order valence-corrected chi connectivity index (χ3v) is 3.07. The maximum Gasteiger partial charge on any atom is 0.416 e. The van der Waals surface area contributed by atoms with Crippen molar-refractivity contribution in [2.24, 2.45) is 0 Å². The Hall–Kier alpha value is -2.85. The third kappa shape index (κ3) is 4.83. The smallest absolute Gasteiger partial charge is 0.378 e. The summed E-state index contributed by atoms with van der Waals surface area (Å²) in [5.74, 6) is 11.0. The third-order valence-electron chi connectivity index (χ3n) is 3.07. The molecule has 0 fully saturated rings. The first-order valence-electron chi connectivity index (χ1n) is 6.83. The van der Waals surface area contributed by atoms with Crippen molar-refractivity contribution in [3.8, 4) is 23.7 Å². The molecule has 0 atom stereocenters. The topological polar surface area (TPSA) is 3.24 Å². The quantitative estimate of drug-likeness (QED) is 0.714. The number of halogens is 3. The van der Waals surface area contributed by atoms with Gasteiger partial charge in [-0.05, 0) is 60.4 Å². The fourth-order valence-electron chi connectivity index (χ4n) is 1.79. The molecule has 0 aromatic heterocycles. The molecule has 2 aromatic carbocycles. The fraction of sp³-hybridized carbons (Fsp3) is 0.158. The van der Waals surface area contributed by atoms with Gasteiger partial charge in [0.25, 0.3) is 0 Å². The molecular formula is C19H14F3N. The molecule has 0 heterocycles. The minimum atomic E-state index is -4.33. The maximum atomic E-state index is 12.4. The van der Waals surface area contributed by atoms with Gasteiger partial charge in [0.15, 0.2) is 0 Å². The van der Waals surface area contributed by atoms with Gasteiger partial charge in [0.1, 0.15) is 0 Å². The molecule has 2 aromatic rings. The van der Waals surface area contributed by atoms with E-state index in [1.54, 1.807) is 0 Å². The Balaban J connectivity index is 2.06. The molecule has 0 radical (unpaired) electrons. The summed E-state index contributed by atoms with van der Waals surface area (Å²) in [6.07, 6.45) is -4.33. The Kier molecular flexibility index (Phi) is 4.98. The SMILES string of the molecule is CN(C)c1ccc(C#CC#Cc2ccc(C(F)(F)F)cc2)cc1. The Morgan fingerprint density at radius 3 is 1.57 bits per heavy atom. The average Bonchev–Trinajstić information content (AvgIpc) is 2.51. The minimum Gasteiger partial charge on any atom is -0.378 e. The summed E-state index contributed by atoms with van der Waals surface area (Å²) in [5.41, 5.74) is 1.72.